The monoisotopic (exact) mass is 260 g/mol. The third-order valence-corrected chi connectivity index (χ3v) is 3.52. The first kappa shape index (κ1) is 11.7. The minimum Gasteiger partial charge on any atom is -0.480 e. The van der Waals surface area contributed by atoms with E-state index in [1.807, 2.05) is 0 Å². The molecular weight excluding hydrogens is 248 g/mol. The van der Waals surface area contributed by atoms with Gasteiger partial charge in [-0.3, -0.25) is 9.59 Å². The van der Waals surface area contributed by atoms with Crippen molar-refractivity contribution in [3.05, 3.63) is 45.0 Å². The molecule has 1 aliphatic rings. The number of nitrogens with zero attached hydrogens (tertiary/aromatic N) is 2. The van der Waals surface area contributed by atoms with Crippen molar-refractivity contribution in [2.45, 2.75) is 25.4 Å². The van der Waals surface area contributed by atoms with Crippen molar-refractivity contribution >= 4 is 16.7 Å². The van der Waals surface area contributed by atoms with Crippen LogP contribution >= 0.6 is 0 Å². The lowest BCUT2D eigenvalue weighted by Gasteiger charge is -2.26. The Balaban J connectivity index is 2.47. The van der Waals surface area contributed by atoms with Crippen LogP contribution in [0.3, 0.4) is 0 Å². The summed E-state index contributed by atoms with van der Waals surface area (Å²) < 4.78 is 2.35. The smallest absolute Gasteiger partial charge is 0.328 e. The molecule has 6 nitrogen and oxygen atoms in total. The predicted octanol–water partition coefficient (Wildman–Crippen LogP) is 0.583. The maximum absolute atomic E-state index is 12.4. The van der Waals surface area contributed by atoms with E-state index >= 15 is 0 Å². The maximum Gasteiger partial charge on any atom is 0.328 e. The number of hydrogen-bond donors (Lipinski definition) is 1. The van der Waals surface area contributed by atoms with E-state index in [-0.39, 0.29) is 10.9 Å². The van der Waals surface area contributed by atoms with Gasteiger partial charge in [0.15, 0.2) is 6.04 Å². The van der Waals surface area contributed by atoms with Gasteiger partial charge in [0.05, 0.1) is 10.8 Å². The van der Waals surface area contributed by atoms with Gasteiger partial charge in [-0.15, -0.1) is 0 Å². The zero-order valence-electron chi connectivity index (χ0n) is 10.1. The van der Waals surface area contributed by atoms with E-state index in [4.69, 9.17) is 0 Å². The Kier molecular flexibility index (Phi) is 2.51. The number of aliphatic carboxylic acids is 1. The largest absolute Gasteiger partial charge is 0.480 e. The molecule has 0 fully saturated rings. The van der Waals surface area contributed by atoms with Gasteiger partial charge >= 0.3 is 5.97 Å². The highest BCUT2D eigenvalue weighted by Crippen LogP contribution is 2.18. The maximum atomic E-state index is 12.4. The van der Waals surface area contributed by atoms with Crippen LogP contribution < -0.4 is 11.1 Å². The van der Waals surface area contributed by atoms with Gasteiger partial charge in [0.25, 0.3) is 11.1 Å². The highest BCUT2D eigenvalue weighted by atomic mass is 16.4. The molecule has 1 atom stereocenters. The predicted molar refractivity (Wildman–Crippen MR) is 68.4 cm³/mol. The molecule has 2 heterocycles. The molecule has 1 aromatic heterocycles. The SMILES string of the molecule is O=C(O)[C@H]1CCCn2c(=O)c3ccccc3c(=O)n21. The lowest BCUT2D eigenvalue weighted by atomic mass is 10.1. The molecule has 0 saturated carbocycles. The quantitative estimate of drug-likeness (QED) is 0.813. The highest BCUT2D eigenvalue weighted by molar-refractivity contribution is 5.81. The molecule has 0 bridgehead atoms. The van der Waals surface area contributed by atoms with Gasteiger partial charge in [-0.1, -0.05) is 12.1 Å². The van der Waals surface area contributed by atoms with E-state index in [1.54, 1.807) is 24.3 Å². The Hall–Kier alpha value is -2.37. The van der Waals surface area contributed by atoms with Gasteiger partial charge < -0.3 is 5.11 Å². The summed E-state index contributed by atoms with van der Waals surface area (Å²) in [7, 11) is 0. The Labute approximate surface area is 107 Å². The van der Waals surface area contributed by atoms with Crippen LogP contribution in [-0.2, 0) is 11.3 Å². The molecule has 19 heavy (non-hydrogen) atoms. The van der Waals surface area contributed by atoms with Crippen LogP contribution in [0.1, 0.15) is 18.9 Å². The number of fused-ring (bicyclic) bond motifs is 2. The molecule has 3 rings (SSSR count). The lowest BCUT2D eigenvalue weighted by Crippen LogP contribution is -2.45. The molecule has 0 radical (unpaired) electrons. The molecule has 6 heteroatoms. The molecule has 98 valence electrons. The second-order valence-electron chi connectivity index (χ2n) is 4.62. The Morgan fingerprint density at radius 1 is 1.16 bits per heavy atom. The Morgan fingerprint density at radius 2 is 1.79 bits per heavy atom. The molecule has 0 aliphatic carbocycles. The van der Waals surface area contributed by atoms with Crippen LogP contribution in [0.25, 0.3) is 10.8 Å². The van der Waals surface area contributed by atoms with Crippen LogP contribution in [0.5, 0.6) is 0 Å². The van der Waals surface area contributed by atoms with Crippen molar-refractivity contribution < 1.29 is 9.90 Å². The summed E-state index contributed by atoms with van der Waals surface area (Å²) in [6.07, 6.45) is 0.946. The first-order valence-electron chi connectivity index (χ1n) is 6.08. The third kappa shape index (κ3) is 1.60. The zero-order chi connectivity index (χ0) is 13.6. The summed E-state index contributed by atoms with van der Waals surface area (Å²) in [4.78, 5) is 35.9. The number of hydrogen-bond acceptors (Lipinski definition) is 3. The molecule has 0 saturated heterocycles. The zero-order valence-corrected chi connectivity index (χ0v) is 10.1. The van der Waals surface area contributed by atoms with E-state index in [9.17, 15) is 19.5 Å². The van der Waals surface area contributed by atoms with Crippen molar-refractivity contribution in [3.63, 3.8) is 0 Å². The second kappa shape index (κ2) is 4.08. The molecule has 2 aromatic rings. The van der Waals surface area contributed by atoms with Gasteiger partial charge in [-0.05, 0) is 25.0 Å². The number of benzene rings is 1. The summed E-state index contributed by atoms with van der Waals surface area (Å²) >= 11 is 0. The molecule has 0 unspecified atom stereocenters. The van der Waals surface area contributed by atoms with Crippen molar-refractivity contribution in [1.29, 1.82) is 0 Å². The first-order valence-corrected chi connectivity index (χ1v) is 6.08. The molecule has 1 aromatic carbocycles. The summed E-state index contributed by atoms with van der Waals surface area (Å²) in [5, 5.41) is 9.81. The molecule has 0 spiro atoms. The van der Waals surface area contributed by atoms with Crippen molar-refractivity contribution in [2.75, 3.05) is 0 Å². The van der Waals surface area contributed by atoms with Gasteiger partial charge in [-0.2, -0.15) is 0 Å². The summed E-state index contributed by atoms with van der Waals surface area (Å²) in [6, 6.07) is 5.55. The highest BCUT2D eigenvalue weighted by Gasteiger charge is 2.28. The molecular formula is C13H12N2O4. The van der Waals surface area contributed by atoms with Crippen LogP contribution in [0.15, 0.2) is 33.9 Å². The average Bonchev–Trinajstić information content (AvgIpc) is 2.44. The van der Waals surface area contributed by atoms with Crippen LogP contribution in [0.2, 0.25) is 0 Å². The molecule has 1 N–H and O–H groups in total. The van der Waals surface area contributed by atoms with E-state index < -0.39 is 17.6 Å². The number of rotatable bonds is 1. The van der Waals surface area contributed by atoms with Gasteiger partial charge in [0.2, 0.25) is 0 Å². The van der Waals surface area contributed by atoms with E-state index in [0.29, 0.717) is 24.8 Å². The lowest BCUT2D eigenvalue weighted by molar-refractivity contribution is -0.142. The average molecular weight is 260 g/mol. The van der Waals surface area contributed by atoms with Crippen LogP contribution in [0, 0.1) is 0 Å². The standard InChI is InChI=1S/C13H12N2O4/c16-11-8-4-1-2-5-9(8)12(17)15-10(13(18)19)6-3-7-14(11)15/h1-2,4-5,10H,3,6-7H2,(H,18,19)/t10-/m1/s1. The minimum atomic E-state index is -1.08. The topological polar surface area (TPSA) is 81.3 Å². The van der Waals surface area contributed by atoms with Crippen molar-refractivity contribution in [3.8, 4) is 0 Å². The fraction of sp³-hybridized carbons (Fsp3) is 0.308. The third-order valence-electron chi connectivity index (χ3n) is 3.52. The fourth-order valence-corrected chi connectivity index (χ4v) is 2.63. The van der Waals surface area contributed by atoms with E-state index in [1.165, 1.54) is 4.68 Å². The summed E-state index contributed by atoms with van der Waals surface area (Å²) in [6.45, 7) is 0.378. The molecule has 1 aliphatic heterocycles. The summed E-state index contributed by atoms with van der Waals surface area (Å²) in [5.41, 5.74) is -0.719. The molecule has 0 amide bonds. The second-order valence-corrected chi connectivity index (χ2v) is 4.62. The Bertz CT molecular complexity index is 787. The van der Waals surface area contributed by atoms with Crippen molar-refractivity contribution in [1.82, 2.24) is 9.36 Å². The van der Waals surface area contributed by atoms with Crippen molar-refractivity contribution in [2.24, 2.45) is 0 Å². The number of carbonyl (C=O) groups is 1. The Morgan fingerprint density at radius 3 is 2.42 bits per heavy atom. The van der Waals surface area contributed by atoms with Gasteiger partial charge in [-0.25, -0.2) is 14.2 Å². The van der Waals surface area contributed by atoms with E-state index in [2.05, 4.69) is 0 Å². The van der Waals surface area contributed by atoms with Crippen LogP contribution in [0.4, 0.5) is 0 Å². The summed E-state index contributed by atoms with van der Waals surface area (Å²) in [5.74, 6) is -1.08. The first-order chi connectivity index (χ1) is 9.11. The van der Waals surface area contributed by atoms with Gasteiger partial charge in [0, 0.05) is 6.54 Å². The van der Waals surface area contributed by atoms with Gasteiger partial charge in [0.1, 0.15) is 0 Å². The minimum absolute atomic E-state index is 0.275. The number of carboxylic acids is 1. The number of aromatic nitrogens is 2. The normalized spacial score (nSPS) is 18.2. The fourth-order valence-electron chi connectivity index (χ4n) is 2.63. The number of carboxylic acid groups (broad SMARTS) is 1. The van der Waals surface area contributed by atoms with E-state index in [0.717, 1.165) is 4.68 Å². The van der Waals surface area contributed by atoms with Crippen LogP contribution in [-0.4, -0.2) is 20.4 Å².